The number of hydrogen-bond acceptors (Lipinski definition) is 5. The fraction of sp³-hybridized carbons (Fsp3) is 0.278. The summed E-state index contributed by atoms with van der Waals surface area (Å²) >= 11 is 1.54. The van der Waals surface area contributed by atoms with Gasteiger partial charge in [0.05, 0.1) is 6.33 Å². The Bertz CT molecular complexity index is 878. The van der Waals surface area contributed by atoms with Gasteiger partial charge in [0, 0.05) is 17.9 Å². The number of nitrogen functional groups attached to an aromatic ring is 1. The van der Waals surface area contributed by atoms with E-state index in [9.17, 15) is 0 Å². The number of aryl methyl sites for hydroxylation is 3. The van der Waals surface area contributed by atoms with Crippen molar-refractivity contribution in [1.29, 1.82) is 0 Å². The molecule has 0 radical (unpaired) electrons. The van der Waals surface area contributed by atoms with E-state index < -0.39 is 0 Å². The molecule has 0 bridgehead atoms. The Hall–Kier alpha value is -2.52. The first-order chi connectivity index (χ1) is 11.6. The first-order valence-electron chi connectivity index (χ1n) is 7.75. The van der Waals surface area contributed by atoms with Crippen molar-refractivity contribution in [2.24, 2.45) is 0 Å². The molecular formula is C18H19N5S. The molecule has 0 aromatic heterocycles. The Balaban J connectivity index is 1.92. The van der Waals surface area contributed by atoms with E-state index in [0.29, 0.717) is 16.7 Å². The summed E-state index contributed by atoms with van der Waals surface area (Å²) in [6, 6.07) is 6.34. The summed E-state index contributed by atoms with van der Waals surface area (Å²) in [6.45, 7) is 4.93. The normalized spacial score (nSPS) is 10.9. The minimum atomic E-state index is 0.401. The molecule has 122 valence electrons. The second kappa shape index (κ2) is 6.93. The van der Waals surface area contributed by atoms with Crippen LogP contribution in [-0.2, 0) is 6.54 Å². The van der Waals surface area contributed by atoms with Crippen LogP contribution in [0.15, 0.2) is 34.6 Å². The third-order valence-electron chi connectivity index (χ3n) is 3.72. The van der Waals surface area contributed by atoms with Crippen molar-refractivity contribution >= 4 is 17.6 Å². The lowest BCUT2D eigenvalue weighted by atomic mass is 10.2. The van der Waals surface area contributed by atoms with Crippen molar-refractivity contribution in [2.45, 2.75) is 43.3 Å². The van der Waals surface area contributed by atoms with Crippen molar-refractivity contribution in [3.63, 3.8) is 0 Å². The third kappa shape index (κ3) is 3.36. The zero-order chi connectivity index (χ0) is 17.1. The number of benzene rings is 1. The predicted octanol–water partition coefficient (Wildman–Crippen LogP) is 3.54. The monoisotopic (exact) mass is 337 g/mol. The number of hydrogen-bond donors (Lipinski definition) is 1. The van der Waals surface area contributed by atoms with Gasteiger partial charge in [-0.1, -0.05) is 17.7 Å². The second-order valence-corrected chi connectivity index (χ2v) is 6.69. The van der Waals surface area contributed by atoms with E-state index >= 15 is 0 Å². The van der Waals surface area contributed by atoms with Gasteiger partial charge >= 0.3 is 0 Å². The van der Waals surface area contributed by atoms with Gasteiger partial charge in [-0.25, -0.2) is 15.0 Å². The molecule has 0 aliphatic carbocycles. The molecule has 6 heteroatoms. The number of unbranched alkanes of at least 4 members (excludes halogenated alkanes) is 1. The molecule has 1 aromatic rings. The van der Waals surface area contributed by atoms with Crippen LogP contribution in [0.1, 0.15) is 24.0 Å². The molecule has 2 N–H and O–H groups in total. The summed E-state index contributed by atoms with van der Waals surface area (Å²) in [5, 5.41) is 0.683. The minimum Gasteiger partial charge on any atom is -0.382 e. The Morgan fingerprint density at radius 1 is 1.29 bits per heavy atom. The molecule has 0 saturated carbocycles. The first-order valence-corrected chi connectivity index (χ1v) is 8.57. The Morgan fingerprint density at radius 3 is 2.88 bits per heavy atom. The molecule has 0 amide bonds. The highest BCUT2D eigenvalue weighted by Gasteiger charge is 2.19. The SMILES string of the molecule is C#CCCCn1cnc(N)c2nc(Sc3ccc(C)cc3C)nc1-2. The predicted molar refractivity (Wildman–Crippen MR) is 97.0 cm³/mol. The lowest BCUT2D eigenvalue weighted by molar-refractivity contribution is 0.638. The summed E-state index contributed by atoms with van der Waals surface area (Å²) < 4.78 is 1.96. The summed E-state index contributed by atoms with van der Waals surface area (Å²) in [7, 11) is 0. The summed E-state index contributed by atoms with van der Waals surface area (Å²) in [4.78, 5) is 14.6. The van der Waals surface area contributed by atoms with Gasteiger partial charge in [-0.15, -0.1) is 12.3 Å². The van der Waals surface area contributed by atoms with Crippen LogP contribution in [0.25, 0.3) is 11.5 Å². The number of anilines is 1. The maximum Gasteiger partial charge on any atom is 0.195 e. The molecule has 5 nitrogen and oxygen atoms in total. The van der Waals surface area contributed by atoms with Gasteiger partial charge in [-0.05, 0) is 43.7 Å². The van der Waals surface area contributed by atoms with Crippen LogP contribution in [0, 0.1) is 26.2 Å². The zero-order valence-electron chi connectivity index (χ0n) is 13.8. The van der Waals surface area contributed by atoms with Crippen molar-refractivity contribution < 1.29 is 0 Å². The zero-order valence-corrected chi connectivity index (χ0v) is 14.6. The van der Waals surface area contributed by atoms with Crippen molar-refractivity contribution in [2.75, 3.05) is 5.73 Å². The third-order valence-corrected chi connectivity index (χ3v) is 4.77. The fourth-order valence-electron chi connectivity index (χ4n) is 2.51. The largest absolute Gasteiger partial charge is 0.382 e. The van der Waals surface area contributed by atoms with E-state index in [0.717, 1.165) is 30.1 Å². The van der Waals surface area contributed by atoms with Gasteiger partial charge < -0.3 is 10.3 Å². The number of fused-ring (bicyclic) bond motifs is 1. The van der Waals surface area contributed by atoms with Crippen LogP contribution in [0.2, 0.25) is 0 Å². The number of imidazole rings is 1. The molecule has 0 spiro atoms. The van der Waals surface area contributed by atoms with E-state index in [4.69, 9.17) is 12.2 Å². The minimum absolute atomic E-state index is 0.401. The van der Waals surface area contributed by atoms with Crippen LogP contribution in [0.3, 0.4) is 0 Å². The van der Waals surface area contributed by atoms with Crippen molar-refractivity contribution in [3.05, 3.63) is 35.7 Å². The van der Waals surface area contributed by atoms with E-state index in [1.54, 1.807) is 18.1 Å². The van der Waals surface area contributed by atoms with E-state index in [-0.39, 0.29) is 0 Å². The lowest BCUT2D eigenvalue weighted by Gasteiger charge is -2.09. The van der Waals surface area contributed by atoms with E-state index in [2.05, 4.69) is 52.9 Å². The number of aromatic nitrogens is 4. The topological polar surface area (TPSA) is 69.6 Å². The van der Waals surface area contributed by atoms with E-state index in [1.165, 1.54) is 11.1 Å². The van der Waals surface area contributed by atoms with Crippen molar-refractivity contribution in [3.8, 4) is 23.9 Å². The van der Waals surface area contributed by atoms with Gasteiger partial charge in [-0.2, -0.15) is 0 Å². The average molecular weight is 337 g/mol. The van der Waals surface area contributed by atoms with E-state index in [1.807, 2.05) is 4.57 Å². The number of rotatable bonds is 5. The molecule has 0 atom stereocenters. The maximum absolute atomic E-state index is 5.97. The first kappa shape index (κ1) is 16.3. The quantitative estimate of drug-likeness (QED) is 0.569. The highest BCUT2D eigenvalue weighted by molar-refractivity contribution is 7.99. The smallest absolute Gasteiger partial charge is 0.195 e. The fourth-order valence-corrected chi connectivity index (χ4v) is 3.33. The lowest BCUT2D eigenvalue weighted by Crippen LogP contribution is -2.08. The number of nitrogens with two attached hydrogens (primary N) is 1. The highest BCUT2D eigenvalue weighted by Crippen LogP contribution is 2.33. The molecule has 0 saturated heterocycles. The molecule has 1 aromatic carbocycles. The number of nitrogens with zero attached hydrogens (tertiary/aromatic N) is 4. The van der Waals surface area contributed by atoms with Crippen LogP contribution in [0.4, 0.5) is 5.82 Å². The maximum atomic E-state index is 5.97. The standard InChI is InChI=1S/C18H19N5S/c1-4-5-6-9-23-11-20-16(19)15-17(23)22-18(21-15)24-14-8-7-12(2)10-13(14)3/h1,7-8,10-11H,5-6,9,19H2,2-3H3. The summed E-state index contributed by atoms with van der Waals surface area (Å²) in [5.74, 6) is 3.80. The summed E-state index contributed by atoms with van der Waals surface area (Å²) in [6.07, 6.45) is 8.61. The molecule has 2 heterocycles. The molecule has 2 aliphatic heterocycles. The van der Waals surface area contributed by atoms with Crippen LogP contribution >= 0.6 is 11.8 Å². The van der Waals surface area contributed by atoms with Gasteiger partial charge in [0.15, 0.2) is 22.5 Å². The second-order valence-electron chi connectivity index (χ2n) is 5.68. The van der Waals surface area contributed by atoms with Gasteiger partial charge in [0.2, 0.25) is 0 Å². The Labute approximate surface area is 146 Å². The average Bonchev–Trinajstić information content (AvgIpc) is 2.97. The molecule has 3 rings (SSSR count). The van der Waals surface area contributed by atoms with Gasteiger partial charge in [-0.3, -0.25) is 0 Å². The van der Waals surface area contributed by atoms with Gasteiger partial charge in [0.25, 0.3) is 0 Å². The molecule has 0 unspecified atom stereocenters. The molecule has 24 heavy (non-hydrogen) atoms. The number of terminal acetylenes is 1. The van der Waals surface area contributed by atoms with Crippen molar-refractivity contribution in [1.82, 2.24) is 19.5 Å². The van der Waals surface area contributed by atoms with Gasteiger partial charge in [0.1, 0.15) is 0 Å². The molecular weight excluding hydrogens is 318 g/mol. The van der Waals surface area contributed by atoms with Crippen LogP contribution in [0.5, 0.6) is 0 Å². The molecule has 2 aliphatic rings. The Kier molecular flexibility index (Phi) is 4.72. The van der Waals surface area contributed by atoms with Crippen LogP contribution in [-0.4, -0.2) is 19.5 Å². The Morgan fingerprint density at radius 2 is 2.12 bits per heavy atom. The molecule has 0 fully saturated rings. The highest BCUT2D eigenvalue weighted by atomic mass is 32.2. The summed E-state index contributed by atoms with van der Waals surface area (Å²) in [5.41, 5.74) is 9.06. The van der Waals surface area contributed by atoms with Crippen LogP contribution < -0.4 is 5.73 Å².